The molecule has 3 heterocycles. The summed E-state index contributed by atoms with van der Waals surface area (Å²) in [5, 5.41) is 8.12. The molecule has 0 radical (unpaired) electrons. The fraction of sp³-hybridized carbons (Fsp3) is 0.222. The van der Waals surface area contributed by atoms with Crippen LogP contribution in [-0.2, 0) is 16.1 Å². The molecule has 0 aromatic carbocycles. The Morgan fingerprint density at radius 1 is 1.34 bits per heavy atom. The molecule has 0 fully saturated rings. The Labute approximate surface area is 179 Å². The van der Waals surface area contributed by atoms with Gasteiger partial charge in [0, 0.05) is 10.9 Å². The molecular weight excluding hydrogens is 441 g/mol. The Bertz CT molecular complexity index is 1130. The van der Waals surface area contributed by atoms with Crippen LogP contribution < -0.4 is 10.9 Å². The predicted molar refractivity (Wildman–Crippen MR) is 110 cm³/mol. The fourth-order valence-corrected chi connectivity index (χ4v) is 3.70. The van der Waals surface area contributed by atoms with E-state index in [1.165, 1.54) is 6.20 Å². The van der Waals surface area contributed by atoms with E-state index in [1.54, 1.807) is 31.4 Å². The number of furan rings is 1. The van der Waals surface area contributed by atoms with Crippen LogP contribution in [-0.4, -0.2) is 28.3 Å². The lowest BCUT2D eigenvalue weighted by atomic mass is 10.1. The van der Waals surface area contributed by atoms with Gasteiger partial charge in [0.2, 0.25) is 5.91 Å². The van der Waals surface area contributed by atoms with Crippen molar-refractivity contribution in [3.05, 3.63) is 55.4 Å². The van der Waals surface area contributed by atoms with E-state index in [1.807, 2.05) is 0 Å². The van der Waals surface area contributed by atoms with Crippen LogP contribution in [0.15, 0.2) is 32.9 Å². The normalized spacial score (nSPS) is 10.8. The summed E-state index contributed by atoms with van der Waals surface area (Å²) in [6.45, 7) is 3.22. The highest BCUT2D eigenvalue weighted by atomic mass is 35.5. The first-order chi connectivity index (χ1) is 13.8. The van der Waals surface area contributed by atoms with Gasteiger partial charge in [0.05, 0.1) is 17.8 Å². The number of thiophene rings is 1. The zero-order valence-corrected chi connectivity index (χ0v) is 17.7. The van der Waals surface area contributed by atoms with E-state index < -0.39 is 24.0 Å². The van der Waals surface area contributed by atoms with E-state index in [0.29, 0.717) is 17.1 Å². The van der Waals surface area contributed by atoms with Crippen molar-refractivity contribution in [3.8, 4) is 11.3 Å². The third kappa shape index (κ3) is 4.52. The van der Waals surface area contributed by atoms with Crippen molar-refractivity contribution in [1.82, 2.24) is 9.78 Å². The van der Waals surface area contributed by atoms with Gasteiger partial charge in [0.25, 0.3) is 5.56 Å². The summed E-state index contributed by atoms with van der Waals surface area (Å²) in [7, 11) is 0. The highest BCUT2D eigenvalue weighted by Gasteiger charge is 2.24. The number of nitrogens with one attached hydrogen (secondary N) is 1. The summed E-state index contributed by atoms with van der Waals surface area (Å²) in [5.74, 6) is -0.0215. The number of hydrogen-bond donors (Lipinski definition) is 1. The molecule has 29 heavy (non-hydrogen) atoms. The van der Waals surface area contributed by atoms with Crippen LogP contribution in [0.2, 0.25) is 10.0 Å². The molecule has 3 aromatic rings. The maximum absolute atomic E-state index is 12.5. The van der Waals surface area contributed by atoms with Gasteiger partial charge in [-0.3, -0.25) is 9.59 Å². The largest absolute Gasteiger partial charge is 0.462 e. The van der Waals surface area contributed by atoms with E-state index in [4.69, 9.17) is 32.4 Å². The van der Waals surface area contributed by atoms with Crippen molar-refractivity contribution < 1.29 is 18.7 Å². The maximum Gasteiger partial charge on any atom is 0.341 e. The second-order valence-corrected chi connectivity index (χ2v) is 7.47. The number of nitrogens with zero attached hydrogens (tertiary/aromatic N) is 2. The van der Waals surface area contributed by atoms with Crippen LogP contribution in [0.5, 0.6) is 0 Å². The third-order valence-electron chi connectivity index (χ3n) is 3.77. The molecule has 3 aromatic heterocycles. The van der Waals surface area contributed by atoms with Crippen molar-refractivity contribution in [2.45, 2.75) is 20.4 Å². The van der Waals surface area contributed by atoms with Crippen molar-refractivity contribution in [1.29, 1.82) is 0 Å². The summed E-state index contributed by atoms with van der Waals surface area (Å²) in [4.78, 5) is 37.0. The topological polar surface area (TPSA) is 103 Å². The first kappa shape index (κ1) is 21.1. The number of hydrogen-bond acceptors (Lipinski definition) is 7. The van der Waals surface area contributed by atoms with Gasteiger partial charge in [-0.05, 0) is 26.0 Å². The highest BCUT2D eigenvalue weighted by Crippen LogP contribution is 2.37. The fourth-order valence-electron chi connectivity index (χ4n) is 2.48. The number of rotatable bonds is 6. The third-order valence-corrected chi connectivity index (χ3v) is 5.41. The van der Waals surface area contributed by atoms with Gasteiger partial charge in [-0.15, -0.1) is 11.3 Å². The molecular formula is C18H15Cl2N3O5S. The lowest BCUT2D eigenvalue weighted by Gasteiger charge is -2.09. The Hall–Kier alpha value is -2.62. The van der Waals surface area contributed by atoms with Crippen LogP contribution in [0, 0.1) is 6.92 Å². The van der Waals surface area contributed by atoms with Gasteiger partial charge in [-0.2, -0.15) is 5.10 Å². The molecule has 0 aliphatic heterocycles. The smallest absolute Gasteiger partial charge is 0.341 e. The first-order valence-electron chi connectivity index (χ1n) is 8.38. The number of carbonyl (C=O) groups excluding carboxylic acids is 2. The average Bonchev–Trinajstić information content (AvgIpc) is 3.28. The number of anilines is 1. The van der Waals surface area contributed by atoms with Gasteiger partial charge in [0.15, 0.2) is 0 Å². The van der Waals surface area contributed by atoms with E-state index in [-0.39, 0.29) is 27.2 Å². The molecule has 3 rings (SSSR count). The molecule has 0 spiro atoms. The molecule has 1 amide bonds. The molecule has 11 heteroatoms. The number of aromatic nitrogens is 2. The van der Waals surface area contributed by atoms with E-state index in [2.05, 4.69) is 10.4 Å². The molecule has 0 unspecified atom stereocenters. The molecule has 0 bridgehead atoms. The molecule has 0 atom stereocenters. The SMILES string of the molecule is CCOC(=O)c1c(-c2ccc(C)o2)csc1NC(=O)Cn1ncc(Cl)c(Cl)c1=O. The summed E-state index contributed by atoms with van der Waals surface area (Å²) >= 11 is 12.7. The summed E-state index contributed by atoms with van der Waals surface area (Å²) in [6, 6.07) is 3.49. The van der Waals surface area contributed by atoms with Gasteiger partial charge in [-0.25, -0.2) is 9.48 Å². The Balaban J connectivity index is 1.89. The second-order valence-electron chi connectivity index (χ2n) is 5.80. The number of ether oxygens (including phenoxy) is 1. The summed E-state index contributed by atoms with van der Waals surface area (Å²) in [5.41, 5.74) is -0.0199. The van der Waals surface area contributed by atoms with Crippen molar-refractivity contribution in [2.24, 2.45) is 0 Å². The minimum Gasteiger partial charge on any atom is -0.462 e. The minimum absolute atomic E-state index is 0.00504. The lowest BCUT2D eigenvalue weighted by Crippen LogP contribution is -2.30. The van der Waals surface area contributed by atoms with Crippen LogP contribution in [0.3, 0.4) is 0 Å². The molecule has 0 saturated carbocycles. The van der Waals surface area contributed by atoms with Crippen LogP contribution in [0.25, 0.3) is 11.3 Å². The molecule has 0 aliphatic rings. The van der Waals surface area contributed by atoms with Gasteiger partial charge >= 0.3 is 5.97 Å². The quantitative estimate of drug-likeness (QED) is 0.563. The van der Waals surface area contributed by atoms with Crippen LogP contribution in [0.1, 0.15) is 23.0 Å². The van der Waals surface area contributed by atoms with E-state index >= 15 is 0 Å². The Morgan fingerprint density at radius 2 is 2.10 bits per heavy atom. The molecule has 152 valence electrons. The number of amides is 1. The van der Waals surface area contributed by atoms with Crippen LogP contribution >= 0.6 is 34.5 Å². The summed E-state index contributed by atoms with van der Waals surface area (Å²) < 4.78 is 11.6. The van der Waals surface area contributed by atoms with Crippen molar-refractivity contribution in [2.75, 3.05) is 11.9 Å². The number of carbonyl (C=O) groups is 2. The first-order valence-corrected chi connectivity index (χ1v) is 10.0. The van der Waals surface area contributed by atoms with Gasteiger partial charge < -0.3 is 14.5 Å². The van der Waals surface area contributed by atoms with Crippen LogP contribution in [0.4, 0.5) is 5.00 Å². The lowest BCUT2D eigenvalue weighted by molar-refractivity contribution is -0.117. The second kappa shape index (κ2) is 8.81. The van der Waals surface area contributed by atoms with Crippen molar-refractivity contribution in [3.63, 3.8) is 0 Å². The highest BCUT2D eigenvalue weighted by molar-refractivity contribution is 7.15. The standard InChI is InChI=1S/C18H15Cl2N3O5S/c1-3-27-18(26)14-10(12-5-4-9(2)28-12)8-29-16(14)22-13(24)7-23-17(25)15(20)11(19)6-21-23/h4-6,8H,3,7H2,1-2H3,(H,22,24). The molecule has 8 nitrogen and oxygen atoms in total. The van der Waals surface area contributed by atoms with E-state index in [0.717, 1.165) is 16.0 Å². The van der Waals surface area contributed by atoms with Crippen molar-refractivity contribution >= 4 is 51.4 Å². The Kier molecular flexibility index (Phi) is 6.41. The summed E-state index contributed by atoms with van der Waals surface area (Å²) in [6.07, 6.45) is 1.17. The molecule has 0 saturated heterocycles. The zero-order valence-electron chi connectivity index (χ0n) is 15.3. The average molecular weight is 456 g/mol. The minimum atomic E-state index is -0.696. The number of aryl methyl sites for hydroxylation is 1. The predicted octanol–water partition coefficient (Wildman–Crippen LogP) is 4.00. The molecule has 1 N–H and O–H groups in total. The monoisotopic (exact) mass is 455 g/mol. The van der Waals surface area contributed by atoms with Gasteiger partial charge in [-0.1, -0.05) is 23.2 Å². The van der Waals surface area contributed by atoms with E-state index in [9.17, 15) is 14.4 Å². The maximum atomic E-state index is 12.5. The molecule has 0 aliphatic carbocycles. The Morgan fingerprint density at radius 3 is 2.76 bits per heavy atom. The number of esters is 1. The number of halogens is 2. The zero-order chi connectivity index (χ0) is 21.1. The van der Waals surface area contributed by atoms with Gasteiger partial charge in [0.1, 0.15) is 33.7 Å².